The molecule has 0 atom stereocenters. The Labute approximate surface area is 200 Å². The zero-order valence-electron chi connectivity index (χ0n) is 18.1. The maximum absolute atomic E-state index is 13.1. The number of rotatable bonds is 5. The lowest BCUT2D eigenvalue weighted by atomic mass is 10.1. The average molecular weight is 505 g/mol. The van der Waals surface area contributed by atoms with Crippen molar-refractivity contribution in [2.24, 2.45) is 0 Å². The van der Waals surface area contributed by atoms with Crippen LogP contribution in [0.3, 0.4) is 0 Å². The zero-order valence-corrected chi connectivity index (χ0v) is 19.7. The maximum Gasteiger partial charge on any atom is 0.335 e. The monoisotopic (exact) mass is 504 g/mol. The van der Waals surface area contributed by atoms with E-state index in [4.69, 9.17) is 4.74 Å². The minimum atomic E-state index is -0.766. The molecule has 0 aliphatic carbocycles. The molecule has 166 valence electrons. The molecule has 0 bridgehead atoms. The van der Waals surface area contributed by atoms with Gasteiger partial charge < -0.3 is 4.74 Å². The fraction of sp³-hybridized carbons (Fsp3) is 0.115. The van der Waals surface area contributed by atoms with E-state index in [1.165, 1.54) is 6.08 Å². The van der Waals surface area contributed by atoms with Crippen molar-refractivity contribution in [1.29, 1.82) is 0 Å². The summed E-state index contributed by atoms with van der Waals surface area (Å²) in [6, 6.07) is 19.7. The molecule has 4 rings (SSSR count). The minimum Gasteiger partial charge on any atom is -0.488 e. The number of carbonyl (C=O) groups excluding carboxylic acids is 3. The van der Waals surface area contributed by atoms with E-state index in [-0.39, 0.29) is 5.57 Å². The van der Waals surface area contributed by atoms with E-state index >= 15 is 0 Å². The highest BCUT2D eigenvalue weighted by atomic mass is 79.9. The summed E-state index contributed by atoms with van der Waals surface area (Å²) in [5.74, 6) is -0.770. The molecule has 1 aliphatic heterocycles. The van der Waals surface area contributed by atoms with Crippen LogP contribution in [0, 0.1) is 13.8 Å². The molecule has 0 radical (unpaired) electrons. The topological polar surface area (TPSA) is 75.7 Å². The van der Waals surface area contributed by atoms with Crippen LogP contribution < -0.4 is 15.0 Å². The molecule has 0 saturated carbocycles. The third-order valence-corrected chi connectivity index (χ3v) is 5.69. The Kier molecular flexibility index (Phi) is 6.42. The maximum atomic E-state index is 13.1. The number of nitrogens with one attached hydrogen (secondary N) is 1. The van der Waals surface area contributed by atoms with Crippen LogP contribution >= 0.6 is 15.9 Å². The van der Waals surface area contributed by atoms with Gasteiger partial charge in [0.15, 0.2) is 0 Å². The zero-order chi connectivity index (χ0) is 23.5. The van der Waals surface area contributed by atoms with Crippen molar-refractivity contribution >= 4 is 45.5 Å². The highest BCUT2D eigenvalue weighted by Crippen LogP contribution is 2.29. The minimum absolute atomic E-state index is 0.126. The second-order valence-electron chi connectivity index (χ2n) is 7.77. The molecule has 0 unspecified atom stereocenters. The van der Waals surface area contributed by atoms with Gasteiger partial charge in [-0.2, -0.15) is 0 Å². The van der Waals surface area contributed by atoms with Gasteiger partial charge in [-0.05, 0) is 82.4 Å². The van der Waals surface area contributed by atoms with Crippen LogP contribution in [0.15, 0.2) is 76.8 Å². The molecule has 3 aromatic carbocycles. The SMILES string of the molecule is Cc1cc(C)cc(N2C(=O)NC(=O)/C(=C\c3ccc(OCc4ccccc4)c(Br)c3)C2=O)c1. The lowest BCUT2D eigenvalue weighted by Gasteiger charge is -2.27. The molecule has 3 aromatic rings. The standard InChI is InChI=1S/C26H21BrN2O4/c1-16-10-17(2)12-20(11-16)29-25(31)21(24(30)28-26(29)32)13-19-8-9-23(22(27)14-19)33-15-18-6-4-3-5-7-18/h3-14H,15H2,1-2H3,(H,28,30,32)/b21-13+. The fourth-order valence-corrected chi connectivity index (χ4v) is 4.11. The Morgan fingerprint density at radius 2 is 1.64 bits per heavy atom. The van der Waals surface area contributed by atoms with Gasteiger partial charge in [0.1, 0.15) is 17.9 Å². The number of urea groups is 1. The summed E-state index contributed by atoms with van der Waals surface area (Å²) in [6.45, 7) is 4.17. The summed E-state index contributed by atoms with van der Waals surface area (Å²) in [5, 5.41) is 2.25. The molecular formula is C26H21BrN2O4. The van der Waals surface area contributed by atoms with Crippen LogP contribution in [0.2, 0.25) is 0 Å². The molecule has 7 heteroatoms. The highest BCUT2D eigenvalue weighted by Gasteiger charge is 2.37. The number of barbiturate groups is 1. The van der Waals surface area contributed by atoms with Crippen molar-refractivity contribution in [2.75, 3.05) is 4.90 Å². The van der Waals surface area contributed by atoms with Crippen LogP contribution in [-0.4, -0.2) is 17.8 Å². The number of halogens is 1. The normalized spacial score (nSPS) is 15.1. The van der Waals surface area contributed by atoms with Gasteiger partial charge >= 0.3 is 6.03 Å². The average Bonchev–Trinajstić information content (AvgIpc) is 2.76. The number of ether oxygens (including phenoxy) is 1. The molecule has 1 N–H and O–H groups in total. The summed E-state index contributed by atoms with van der Waals surface area (Å²) in [4.78, 5) is 39.0. The third kappa shape index (κ3) is 5.04. The first-order valence-electron chi connectivity index (χ1n) is 10.3. The first-order valence-corrected chi connectivity index (χ1v) is 11.1. The van der Waals surface area contributed by atoms with Gasteiger partial charge in [0.05, 0.1) is 10.2 Å². The van der Waals surface area contributed by atoms with E-state index in [2.05, 4.69) is 21.2 Å². The van der Waals surface area contributed by atoms with Gasteiger partial charge in [-0.25, -0.2) is 9.69 Å². The molecule has 6 nitrogen and oxygen atoms in total. The quantitative estimate of drug-likeness (QED) is 0.377. The van der Waals surface area contributed by atoms with Gasteiger partial charge in [0, 0.05) is 0 Å². The van der Waals surface area contributed by atoms with Crippen molar-refractivity contribution in [3.63, 3.8) is 0 Å². The molecule has 1 heterocycles. The van der Waals surface area contributed by atoms with Crippen molar-refractivity contribution in [3.8, 4) is 5.75 Å². The molecule has 0 spiro atoms. The number of hydrogen-bond acceptors (Lipinski definition) is 4. The Bertz CT molecular complexity index is 1260. The van der Waals surface area contributed by atoms with E-state index in [0.717, 1.165) is 21.6 Å². The lowest BCUT2D eigenvalue weighted by Crippen LogP contribution is -2.54. The Morgan fingerprint density at radius 3 is 2.30 bits per heavy atom. The Balaban J connectivity index is 1.59. The van der Waals surface area contributed by atoms with Gasteiger partial charge in [-0.15, -0.1) is 0 Å². The van der Waals surface area contributed by atoms with Crippen molar-refractivity contribution in [1.82, 2.24) is 5.32 Å². The summed E-state index contributed by atoms with van der Waals surface area (Å²) in [7, 11) is 0. The van der Waals surface area contributed by atoms with E-state index in [1.807, 2.05) is 50.2 Å². The summed E-state index contributed by atoms with van der Waals surface area (Å²) >= 11 is 3.49. The molecule has 1 fully saturated rings. The van der Waals surface area contributed by atoms with E-state index < -0.39 is 17.8 Å². The van der Waals surface area contributed by atoms with Crippen LogP contribution in [-0.2, 0) is 16.2 Å². The predicted octanol–water partition coefficient (Wildman–Crippen LogP) is 5.31. The Morgan fingerprint density at radius 1 is 0.939 bits per heavy atom. The lowest BCUT2D eigenvalue weighted by molar-refractivity contribution is -0.122. The number of carbonyl (C=O) groups is 3. The number of aryl methyl sites for hydroxylation is 2. The molecule has 1 aliphatic rings. The number of imide groups is 2. The highest BCUT2D eigenvalue weighted by molar-refractivity contribution is 9.10. The number of nitrogens with zero attached hydrogens (tertiary/aromatic N) is 1. The molecule has 1 saturated heterocycles. The first-order chi connectivity index (χ1) is 15.8. The predicted molar refractivity (Wildman–Crippen MR) is 130 cm³/mol. The van der Waals surface area contributed by atoms with Gasteiger partial charge in [0.2, 0.25) is 0 Å². The van der Waals surface area contributed by atoms with Gasteiger partial charge in [0.25, 0.3) is 11.8 Å². The van der Waals surface area contributed by atoms with Crippen molar-refractivity contribution < 1.29 is 19.1 Å². The Hall–Kier alpha value is -3.71. The molecule has 4 amide bonds. The van der Waals surface area contributed by atoms with Crippen molar-refractivity contribution in [2.45, 2.75) is 20.5 Å². The molecular weight excluding hydrogens is 484 g/mol. The number of benzene rings is 3. The summed E-state index contributed by atoms with van der Waals surface area (Å²) in [6.07, 6.45) is 1.46. The second-order valence-corrected chi connectivity index (χ2v) is 8.62. The molecule has 33 heavy (non-hydrogen) atoms. The van der Waals surface area contributed by atoms with Gasteiger partial charge in [-0.1, -0.05) is 42.5 Å². The van der Waals surface area contributed by atoms with Crippen LogP contribution in [0.1, 0.15) is 22.3 Å². The number of hydrogen-bond donors (Lipinski definition) is 1. The largest absolute Gasteiger partial charge is 0.488 e. The van der Waals surface area contributed by atoms with E-state index in [0.29, 0.717) is 28.1 Å². The van der Waals surface area contributed by atoms with E-state index in [1.54, 1.807) is 30.3 Å². The summed E-state index contributed by atoms with van der Waals surface area (Å²) < 4.78 is 6.53. The van der Waals surface area contributed by atoms with E-state index in [9.17, 15) is 14.4 Å². The summed E-state index contributed by atoms with van der Waals surface area (Å²) in [5.41, 5.74) is 3.75. The second kappa shape index (κ2) is 9.42. The third-order valence-electron chi connectivity index (χ3n) is 5.07. The van der Waals surface area contributed by atoms with Crippen LogP contribution in [0.4, 0.5) is 10.5 Å². The van der Waals surface area contributed by atoms with Crippen molar-refractivity contribution in [3.05, 3.63) is 99.0 Å². The first kappa shape index (κ1) is 22.5. The van der Waals surface area contributed by atoms with Gasteiger partial charge in [-0.3, -0.25) is 14.9 Å². The number of amides is 4. The molecule has 0 aromatic heterocycles. The smallest absolute Gasteiger partial charge is 0.335 e. The van der Waals surface area contributed by atoms with Crippen LogP contribution in [0.5, 0.6) is 5.75 Å². The fourth-order valence-electron chi connectivity index (χ4n) is 3.60. The van der Waals surface area contributed by atoms with Crippen LogP contribution in [0.25, 0.3) is 6.08 Å². The number of anilines is 1.